The quantitative estimate of drug-likeness (QED) is 0.557. The van der Waals surface area contributed by atoms with Crippen molar-refractivity contribution in [3.63, 3.8) is 0 Å². The summed E-state index contributed by atoms with van der Waals surface area (Å²) in [6, 6.07) is 14.9. The van der Waals surface area contributed by atoms with Gasteiger partial charge in [0.05, 0.1) is 0 Å². The van der Waals surface area contributed by atoms with Crippen LogP contribution in [0.15, 0.2) is 46.9 Å². The summed E-state index contributed by atoms with van der Waals surface area (Å²) in [4.78, 5) is 0. The average Bonchev–Trinajstić information content (AvgIpc) is 3.00. The van der Waals surface area contributed by atoms with Gasteiger partial charge in [-0.05, 0) is 36.6 Å². The fourth-order valence-electron chi connectivity index (χ4n) is 4.08. The van der Waals surface area contributed by atoms with Gasteiger partial charge >= 0.3 is 5.89 Å². The third-order valence-corrected chi connectivity index (χ3v) is 5.90. The number of unbranched alkanes of at least 4 members (excludes halogenated alkanes) is 1. The second-order valence-electron chi connectivity index (χ2n) is 7.36. The minimum absolute atomic E-state index is 0.0927. The Hall–Kier alpha value is -2.29. The number of para-hydroxylation sites is 1. The summed E-state index contributed by atoms with van der Waals surface area (Å²) < 4.78 is 15.1. The van der Waals surface area contributed by atoms with Gasteiger partial charge in [0.2, 0.25) is 11.1 Å². The number of aryl methyl sites for hydroxylation is 1. The molecule has 1 aliphatic heterocycles. The minimum Gasteiger partial charge on any atom is -0.485 e. The summed E-state index contributed by atoms with van der Waals surface area (Å²) in [7, 11) is 0. The Labute approximate surface area is 155 Å². The summed E-state index contributed by atoms with van der Waals surface area (Å²) in [5.41, 5.74) is 4.46. The predicted octanol–water partition coefficient (Wildman–Crippen LogP) is 5.64. The Bertz CT molecular complexity index is 921. The van der Waals surface area contributed by atoms with Crippen LogP contribution in [-0.2, 0) is 12.0 Å². The van der Waals surface area contributed by atoms with Gasteiger partial charge in [0.1, 0.15) is 11.3 Å². The van der Waals surface area contributed by atoms with Gasteiger partial charge in [-0.3, -0.25) is 0 Å². The monoisotopic (exact) mass is 350 g/mol. The molecule has 4 rings (SSSR count). The van der Waals surface area contributed by atoms with Crippen LogP contribution in [0, 0.1) is 0 Å². The highest BCUT2D eigenvalue weighted by Crippen LogP contribution is 2.38. The standard InChI is InChI=1S/C23H28NO2/c1-4-7-10-17-13-14-19-21(15-17)26-22-18-11-8-9-12-20(18)25-16-23(5-2,6-3)24(19)22/h8-9,11-15H,4-7,10,16H2,1-3H3/q+1. The van der Waals surface area contributed by atoms with Crippen molar-refractivity contribution in [1.82, 2.24) is 0 Å². The van der Waals surface area contributed by atoms with Crippen molar-refractivity contribution in [3.8, 4) is 17.2 Å². The molecule has 0 N–H and O–H groups in total. The largest absolute Gasteiger partial charge is 0.485 e. The van der Waals surface area contributed by atoms with E-state index in [4.69, 9.17) is 9.15 Å². The average molecular weight is 350 g/mol. The third-order valence-electron chi connectivity index (χ3n) is 5.90. The van der Waals surface area contributed by atoms with Gasteiger partial charge in [0.25, 0.3) is 5.52 Å². The number of benzene rings is 2. The van der Waals surface area contributed by atoms with Crippen LogP contribution in [0.4, 0.5) is 0 Å². The molecular weight excluding hydrogens is 322 g/mol. The first-order valence-electron chi connectivity index (χ1n) is 9.92. The highest BCUT2D eigenvalue weighted by atomic mass is 16.5. The number of rotatable bonds is 5. The first-order chi connectivity index (χ1) is 12.7. The van der Waals surface area contributed by atoms with Crippen molar-refractivity contribution in [2.75, 3.05) is 6.61 Å². The van der Waals surface area contributed by atoms with E-state index < -0.39 is 0 Å². The zero-order valence-corrected chi connectivity index (χ0v) is 16.0. The SMILES string of the molecule is CCCCc1ccc2c(c1)oc1[n+]2C(CC)(CC)COc2ccccc2-1. The topological polar surface area (TPSA) is 26.2 Å². The molecule has 2 aromatic carbocycles. The zero-order chi connectivity index (χ0) is 18.1. The van der Waals surface area contributed by atoms with Crippen LogP contribution in [0.25, 0.3) is 22.6 Å². The Morgan fingerprint density at radius 3 is 2.62 bits per heavy atom. The maximum absolute atomic E-state index is 6.46. The molecule has 0 saturated carbocycles. The normalized spacial score (nSPS) is 15.2. The molecule has 0 bridgehead atoms. The van der Waals surface area contributed by atoms with Gasteiger partial charge in [-0.25, -0.2) is 0 Å². The Morgan fingerprint density at radius 1 is 1.04 bits per heavy atom. The van der Waals surface area contributed by atoms with E-state index in [9.17, 15) is 0 Å². The summed E-state index contributed by atoms with van der Waals surface area (Å²) in [5.74, 6) is 1.83. The van der Waals surface area contributed by atoms with Crippen molar-refractivity contribution in [1.29, 1.82) is 0 Å². The number of aromatic nitrogens is 1. The van der Waals surface area contributed by atoms with Crippen LogP contribution >= 0.6 is 0 Å². The number of hydrogen-bond donors (Lipinski definition) is 0. The van der Waals surface area contributed by atoms with E-state index >= 15 is 0 Å². The smallest absolute Gasteiger partial charge is 0.386 e. The first-order valence-corrected chi connectivity index (χ1v) is 9.92. The molecule has 0 saturated heterocycles. The molecule has 3 aromatic rings. The van der Waals surface area contributed by atoms with Crippen LogP contribution in [0.1, 0.15) is 52.0 Å². The minimum atomic E-state index is -0.0927. The summed E-state index contributed by atoms with van der Waals surface area (Å²) in [6.45, 7) is 7.39. The zero-order valence-electron chi connectivity index (χ0n) is 16.0. The molecule has 0 aliphatic carbocycles. The Kier molecular flexibility index (Phi) is 4.47. The number of fused-ring (bicyclic) bond motifs is 5. The number of nitrogens with zero attached hydrogens (tertiary/aromatic N) is 1. The van der Waals surface area contributed by atoms with Gasteiger partial charge in [-0.1, -0.05) is 45.4 Å². The fraction of sp³-hybridized carbons (Fsp3) is 0.435. The van der Waals surface area contributed by atoms with Crippen molar-refractivity contribution >= 4 is 11.1 Å². The van der Waals surface area contributed by atoms with Crippen LogP contribution < -0.4 is 9.30 Å². The van der Waals surface area contributed by atoms with Gasteiger partial charge < -0.3 is 9.15 Å². The van der Waals surface area contributed by atoms with Crippen molar-refractivity contribution in [3.05, 3.63) is 48.0 Å². The van der Waals surface area contributed by atoms with Gasteiger partial charge in [-0.15, -0.1) is 4.57 Å². The Balaban J connectivity index is 1.97. The van der Waals surface area contributed by atoms with E-state index in [-0.39, 0.29) is 5.54 Å². The van der Waals surface area contributed by atoms with E-state index in [2.05, 4.69) is 55.7 Å². The van der Waals surface area contributed by atoms with E-state index in [0.29, 0.717) is 6.61 Å². The lowest BCUT2D eigenvalue weighted by atomic mass is 9.92. The number of oxazole rings is 1. The van der Waals surface area contributed by atoms with E-state index in [1.807, 2.05) is 12.1 Å². The molecule has 0 unspecified atom stereocenters. The highest BCUT2D eigenvalue weighted by Gasteiger charge is 2.46. The van der Waals surface area contributed by atoms with Crippen molar-refractivity contribution in [2.45, 2.75) is 58.4 Å². The second kappa shape index (κ2) is 6.79. The summed E-state index contributed by atoms with van der Waals surface area (Å²) in [5, 5.41) is 0. The molecule has 1 aliphatic rings. The van der Waals surface area contributed by atoms with Crippen LogP contribution in [0.5, 0.6) is 5.75 Å². The van der Waals surface area contributed by atoms with Crippen LogP contribution in [0.2, 0.25) is 0 Å². The molecule has 3 heteroatoms. The molecular formula is C23H28NO2+. The van der Waals surface area contributed by atoms with E-state index in [1.165, 1.54) is 23.9 Å². The molecule has 0 spiro atoms. The fourth-order valence-corrected chi connectivity index (χ4v) is 4.08. The number of ether oxygens (including phenoxy) is 1. The molecule has 0 amide bonds. The molecule has 0 radical (unpaired) electrons. The molecule has 3 nitrogen and oxygen atoms in total. The highest BCUT2D eigenvalue weighted by molar-refractivity contribution is 5.74. The van der Waals surface area contributed by atoms with Gasteiger partial charge in [-0.2, -0.15) is 0 Å². The van der Waals surface area contributed by atoms with Gasteiger partial charge in [0, 0.05) is 18.9 Å². The third kappa shape index (κ3) is 2.61. The lowest BCUT2D eigenvalue weighted by Gasteiger charge is -2.23. The predicted molar refractivity (Wildman–Crippen MR) is 105 cm³/mol. The van der Waals surface area contributed by atoms with Gasteiger partial charge in [0.15, 0.2) is 6.61 Å². The molecule has 0 atom stereocenters. The second-order valence-corrected chi connectivity index (χ2v) is 7.36. The molecule has 0 fully saturated rings. The lowest BCUT2D eigenvalue weighted by Crippen LogP contribution is -2.58. The molecule has 26 heavy (non-hydrogen) atoms. The maximum Gasteiger partial charge on any atom is 0.386 e. The molecule has 2 heterocycles. The summed E-state index contributed by atoms with van der Waals surface area (Å²) in [6.07, 6.45) is 5.53. The first kappa shape index (κ1) is 17.1. The van der Waals surface area contributed by atoms with Crippen LogP contribution in [0.3, 0.4) is 0 Å². The van der Waals surface area contributed by atoms with Crippen molar-refractivity contribution in [2.24, 2.45) is 0 Å². The number of hydrogen-bond acceptors (Lipinski definition) is 2. The van der Waals surface area contributed by atoms with Crippen molar-refractivity contribution < 1.29 is 13.7 Å². The molecule has 1 aromatic heterocycles. The van der Waals surface area contributed by atoms with E-state index in [1.54, 1.807) is 0 Å². The lowest BCUT2D eigenvalue weighted by molar-refractivity contribution is -0.737. The van der Waals surface area contributed by atoms with Crippen LogP contribution in [-0.4, -0.2) is 6.61 Å². The molecule has 136 valence electrons. The van der Waals surface area contributed by atoms with E-state index in [0.717, 1.165) is 42.0 Å². The summed E-state index contributed by atoms with van der Waals surface area (Å²) >= 11 is 0. The Morgan fingerprint density at radius 2 is 1.85 bits per heavy atom. The maximum atomic E-state index is 6.46.